The summed E-state index contributed by atoms with van der Waals surface area (Å²) in [6, 6.07) is 8.26. The fourth-order valence-electron chi connectivity index (χ4n) is 2.23. The summed E-state index contributed by atoms with van der Waals surface area (Å²) in [6.45, 7) is 4.95. The molecule has 2 rings (SSSR count). The van der Waals surface area contributed by atoms with Crippen molar-refractivity contribution in [3.05, 3.63) is 29.8 Å². The summed E-state index contributed by atoms with van der Waals surface area (Å²) >= 11 is 0. The van der Waals surface area contributed by atoms with Crippen LogP contribution in [0.25, 0.3) is 0 Å². The van der Waals surface area contributed by atoms with Crippen LogP contribution in [0.2, 0.25) is 0 Å². The molecular weight excluding hydrogens is 250 g/mol. The number of unbranched alkanes of at least 4 members (excludes halogenated alkanes) is 1. The van der Waals surface area contributed by atoms with Gasteiger partial charge in [0.05, 0.1) is 0 Å². The first-order chi connectivity index (χ1) is 9.61. The second-order valence-corrected chi connectivity index (χ2v) is 5.62. The van der Waals surface area contributed by atoms with Crippen molar-refractivity contribution in [3.8, 4) is 0 Å². The Kier molecular flexibility index (Phi) is 5.01. The Bertz CT molecular complexity index is 438. The first-order valence-corrected chi connectivity index (χ1v) is 7.55. The van der Waals surface area contributed by atoms with Gasteiger partial charge < -0.3 is 16.0 Å². The van der Waals surface area contributed by atoms with E-state index in [9.17, 15) is 4.79 Å². The Balaban J connectivity index is 1.94. The first kappa shape index (κ1) is 14.9. The van der Waals surface area contributed by atoms with E-state index in [1.54, 1.807) is 0 Å². The molecule has 0 radical (unpaired) electrons. The molecule has 20 heavy (non-hydrogen) atoms. The van der Waals surface area contributed by atoms with E-state index in [0.717, 1.165) is 43.5 Å². The van der Waals surface area contributed by atoms with E-state index in [2.05, 4.69) is 12.2 Å². The zero-order valence-corrected chi connectivity index (χ0v) is 12.4. The molecule has 0 heterocycles. The summed E-state index contributed by atoms with van der Waals surface area (Å²) in [7, 11) is 0. The molecule has 0 bridgehead atoms. The van der Waals surface area contributed by atoms with Crippen LogP contribution in [0, 0.1) is 0 Å². The van der Waals surface area contributed by atoms with Gasteiger partial charge in [0.2, 0.25) is 0 Å². The minimum atomic E-state index is 0.0206. The molecule has 1 aromatic carbocycles. The zero-order valence-electron chi connectivity index (χ0n) is 12.4. The lowest BCUT2D eigenvalue weighted by Gasteiger charge is -2.22. The largest absolute Gasteiger partial charge is 0.324 e. The number of anilines is 1. The SMILES string of the molecule is CCCCN(C(=O)Nc1ccc(C(C)N)cc1)C1CC1. The van der Waals surface area contributed by atoms with Crippen LogP contribution < -0.4 is 11.1 Å². The van der Waals surface area contributed by atoms with Gasteiger partial charge in [0.15, 0.2) is 0 Å². The van der Waals surface area contributed by atoms with Gasteiger partial charge in [0.1, 0.15) is 0 Å². The molecule has 110 valence electrons. The Hall–Kier alpha value is -1.55. The summed E-state index contributed by atoms with van der Waals surface area (Å²) < 4.78 is 0. The van der Waals surface area contributed by atoms with Crippen molar-refractivity contribution in [2.24, 2.45) is 5.73 Å². The van der Waals surface area contributed by atoms with Gasteiger partial charge in [-0.3, -0.25) is 0 Å². The molecule has 0 aliphatic heterocycles. The third kappa shape index (κ3) is 3.97. The van der Waals surface area contributed by atoms with Crippen molar-refractivity contribution in [1.29, 1.82) is 0 Å². The van der Waals surface area contributed by atoms with Crippen molar-refractivity contribution in [3.63, 3.8) is 0 Å². The van der Waals surface area contributed by atoms with E-state index in [-0.39, 0.29) is 12.1 Å². The number of carbonyl (C=O) groups is 1. The number of urea groups is 1. The van der Waals surface area contributed by atoms with Gasteiger partial charge in [0, 0.05) is 24.3 Å². The second-order valence-electron chi connectivity index (χ2n) is 5.62. The molecule has 1 aliphatic rings. The van der Waals surface area contributed by atoms with E-state index in [4.69, 9.17) is 5.73 Å². The Morgan fingerprint density at radius 3 is 2.55 bits per heavy atom. The number of rotatable bonds is 6. The Morgan fingerprint density at radius 2 is 2.05 bits per heavy atom. The normalized spacial score (nSPS) is 15.8. The molecule has 0 saturated heterocycles. The van der Waals surface area contributed by atoms with Crippen LogP contribution in [0.4, 0.5) is 10.5 Å². The lowest BCUT2D eigenvalue weighted by Crippen LogP contribution is -2.37. The number of nitrogens with zero attached hydrogens (tertiary/aromatic N) is 1. The predicted molar refractivity (Wildman–Crippen MR) is 82.7 cm³/mol. The maximum Gasteiger partial charge on any atom is 0.322 e. The standard InChI is InChI=1S/C16H25N3O/c1-3-4-11-19(15-9-10-15)16(20)18-14-7-5-13(6-8-14)12(2)17/h5-8,12,15H,3-4,9-11,17H2,1-2H3,(H,18,20). The van der Waals surface area contributed by atoms with Crippen LogP contribution >= 0.6 is 0 Å². The first-order valence-electron chi connectivity index (χ1n) is 7.55. The monoisotopic (exact) mass is 275 g/mol. The minimum absolute atomic E-state index is 0.0206. The molecule has 1 atom stereocenters. The van der Waals surface area contributed by atoms with Crippen molar-refractivity contribution in [2.75, 3.05) is 11.9 Å². The van der Waals surface area contributed by atoms with Gasteiger partial charge >= 0.3 is 6.03 Å². The highest BCUT2D eigenvalue weighted by atomic mass is 16.2. The molecular formula is C16H25N3O. The van der Waals surface area contributed by atoms with Crippen LogP contribution in [0.5, 0.6) is 0 Å². The quantitative estimate of drug-likeness (QED) is 0.834. The molecule has 4 nitrogen and oxygen atoms in total. The molecule has 3 N–H and O–H groups in total. The summed E-state index contributed by atoms with van der Waals surface area (Å²) in [5.41, 5.74) is 7.73. The fraction of sp³-hybridized carbons (Fsp3) is 0.562. The van der Waals surface area contributed by atoms with Crippen molar-refractivity contribution in [2.45, 2.75) is 51.6 Å². The third-order valence-corrected chi connectivity index (χ3v) is 3.69. The highest BCUT2D eigenvalue weighted by Gasteiger charge is 2.32. The summed E-state index contributed by atoms with van der Waals surface area (Å²) in [6.07, 6.45) is 4.45. The molecule has 0 spiro atoms. The molecule has 2 amide bonds. The second kappa shape index (κ2) is 6.75. The van der Waals surface area contributed by atoms with Crippen LogP contribution in [-0.4, -0.2) is 23.5 Å². The van der Waals surface area contributed by atoms with Crippen LogP contribution in [-0.2, 0) is 0 Å². The highest BCUT2D eigenvalue weighted by Crippen LogP contribution is 2.28. The van der Waals surface area contributed by atoms with Crippen LogP contribution in [0.1, 0.15) is 51.1 Å². The van der Waals surface area contributed by atoms with Crippen LogP contribution in [0.15, 0.2) is 24.3 Å². The van der Waals surface area contributed by atoms with Gasteiger partial charge in [-0.15, -0.1) is 0 Å². The summed E-state index contributed by atoms with van der Waals surface area (Å²) in [5, 5.41) is 2.98. The number of carbonyl (C=O) groups excluding carboxylic acids is 1. The molecule has 1 aromatic rings. The highest BCUT2D eigenvalue weighted by molar-refractivity contribution is 5.89. The number of nitrogens with one attached hydrogen (secondary N) is 1. The molecule has 1 aliphatic carbocycles. The Labute approximate surface area is 121 Å². The number of amides is 2. The predicted octanol–water partition coefficient (Wildman–Crippen LogP) is 3.50. The van der Waals surface area contributed by atoms with Gasteiger partial charge in [-0.25, -0.2) is 4.79 Å². The van der Waals surface area contributed by atoms with E-state index >= 15 is 0 Å². The lowest BCUT2D eigenvalue weighted by atomic mass is 10.1. The number of nitrogens with two attached hydrogens (primary N) is 1. The fourth-order valence-corrected chi connectivity index (χ4v) is 2.23. The summed E-state index contributed by atoms with van der Waals surface area (Å²) in [4.78, 5) is 14.3. The Morgan fingerprint density at radius 1 is 1.40 bits per heavy atom. The zero-order chi connectivity index (χ0) is 14.5. The van der Waals surface area contributed by atoms with Crippen LogP contribution in [0.3, 0.4) is 0 Å². The van der Waals surface area contributed by atoms with Gasteiger partial charge in [0.25, 0.3) is 0 Å². The van der Waals surface area contributed by atoms with Crippen molar-refractivity contribution < 1.29 is 4.79 Å². The third-order valence-electron chi connectivity index (χ3n) is 3.69. The molecule has 1 fully saturated rings. The van der Waals surface area contributed by atoms with E-state index in [1.165, 1.54) is 0 Å². The van der Waals surface area contributed by atoms with Gasteiger partial charge in [-0.2, -0.15) is 0 Å². The minimum Gasteiger partial charge on any atom is -0.324 e. The maximum absolute atomic E-state index is 12.3. The smallest absolute Gasteiger partial charge is 0.322 e. The number of hydrogen-bond donors (Lipinski definition) is 2. The molecule has 4 heteroatoms. The molecule has 1 saturated carbocycles. The summed E-state index contributed by atoms with van der Waals surface area (Å²) in [5.74, 6) is 0. The number of hydrogen-bond acceptors (Lipinski definition) is 2. The van der Waals surface area contributed by atoms with Crippen molar-refractivity contribution in [1.82, 2.24) is 4.90 Å². The van der Waals surface area contributed by atoms with Gasteiger partial charge in [-0.05, 0) is 43.9 Å². The topological polar surface area (TPSA) is 58.4 Å². The molecule has 1 unspecified atom stereocenters. The number of benzene rings is 1. The average molecular weight is 275 g/mol. The van der Waals surface area contributed by atoms with E-state index in [0.29, 0.717) is 6.04 Å². The molecule has 0 aromatic heterocycles. The van der Waals surface area contributed by atoms with Crippen molar-refractivity contribution >= 4 is 11.7 Å². The lowest BCUT2D eigenvalue weighted by molar-refractivity contribution is 0.208. The average Bonchev–Trinajstić information content (AvgIpc) is 3.24. The maximum atomic E-state index is 12.3. The van der Waals surface area contributed by atoms with E-state index in [1.807, 2.05) is 36.1 Å². The van der Waals surface area contributed by atoms with E-state index < -0.39 is 0 Å². The van der Waals surface area contributed by atoms with Gasteiger partial charge in [-0.1, -0.05) is 25.5 Å².